The first-order valence-corrected chi connectivity index (χ1v) is 15.7. The molecule has 3 rings (SSSR count). The van der Waals surface area contributed by atoms with E-state index in [1.165, 1.54) is 0 Å². The normalized spacial score (nSPS) is 15.6. The predicted molar refractivity (Wildman–Crippen MR) is 182 cm³/mol. The molecule has 2 unspecified atom stereocenters. The van der Waals surface area contributed by atoms with Gasteiger partial charge in [-0.15, -0.1) is 0 Å². The summed E-state index contributed by atoms with van der Waals surface area (Å²) in [5, 5.41) is 2.93. The van der Waals surface area contributed by atoms with Gasteiger partial charge in [0.15, 0.2) is 0 Å². The minimum Gasteiger partial charge on any atom is -0.444 e. The smallest absolute Gasteiger partial charge is 0.410 e. The van der Waals surface area contributed by atoms with Crippen LogP contribution in [0.2, 0.25) is 0 Å². The van der Waals surface area contributed by atoms with Crippen LogP contribution < -0.4 is 10.2 Å². The Morgan fingerprint density at radius 3 is 2.51 bits per heavy atom. The minimum absolute atomic E-state index is 0.0901. The van der Waals surface area contributed by atoms with Crippen molar-refractivity contribution in [2.45, 2.75) is 65.8 Å². The molecule has 2 atom stereocenters. The third kappa shape index (κ3) is 10.2. The number of likely N-dealkylation sites (N-methyl/N-ethyl adjacent to an activating group) is 1. The maximum atomic E-state index is 14.1. The first kappa shape index (κ1) is 35.4. The fourth-order valence-corrected chi connectivity index (χ4v) is 5.11. The highest BCUT2D eigenvalue weighted by Gasteiger charge is 2.30. The molecule has 244 valence electrons. The highest BCUT2D eigenvalue weighted by molar-refractivity contribution is 6.19. The topological polar surface area (TPSA) is 86.7 Å². The van der Waals surface area contributed by atoms with Crippen LogP contribution in [0.1, 0.15) is 64.7 Å². The van der Waals surface area contributed by atoms with Crippen molar-refractivity contribution in [2.75, 3.05) is 45.7 Å². The Morgan fingerprint density at radius 1 is 1.16 bits per heavy atom. The van der Waals surface area contributed by atoms with Gasteiger partial charge in [0.05, 0.1) is 18.3 Å². The molecule has 0 bridgehead atoms. The van der Waals surface area contributed by atoms with E-state index in [0.717, 1.165) is 28.9 Å². The minimum atomic E-state index is -0.559. The lowest BCUT2D eigenvalue weighted by Gasteiger charge is -2.26. The van der Waals surface area contributed by atoms with Gasteiger partial charge < -0.3 is 29.5 Å². The number of carbonyl (C=O) groups is 2. The molecule has 9 nitrogen and oxygen atoms in total. The first-order valence-electron chi connectivity index (χ1n) is 15.7. The van der Waals surface area contributed by atoms with E-state index in [-0.39, 0.29) is 24.0 Å². The fraction of sp³-hybridized carbons (Fsp3) is 0.472. The lowest BCUT2D eigenvalue weighted by molar-refractivity contribution is -0.114. The van der Waals surface area contributed by atoms with Crippen LogP contribution in [0.25, 0.3) is 0 Å². The Hall–Kier alpha value is -4.11. The van der Waals surface area contributed by atoms with E-state index in [1.54, 1.807) is 25.2 Å². The van der Waals surface area contributed by atoms with Gasteiger partial charge in [-0.25, -0.2) is 9.79 Å². The number of aliphatic imine (C=N–C) groups is 1. The Bertz CT molecular complexity index is 1360. The zero-order chi connectivity index (χ0) is 33.1. The van der Waals surface area contributed by atoms with Crippen molar-refractivity contribution < 1.29 is 19.1 Å². The van der Waals surface area contributed by atoms with Crippen molar-refractivity contribution >= 4 is 23.9 Å². The predicted octanol–water partition coefficient (Wildman–Crippen LogP) is 6.54. The van der Waals surface area contributed by atoms with E-state index in [2.05, 4.69) is 35.6 Å². The zero-order valence-corrected chi connectivity index (χ0v) is 28.3. The molecule has 2 aromatic carbocycles. The second-order valence-electron chi connectivity index (χ2n) is 12.5. The van der Waals surface area contributed by atoms with Crippen molar-refractivity contribution in [1.82, 2.24) is 15.1 Å². The summed E-state index contributed by atoms with van der Waals surface area (Å²) >= 11 is 0. The average molecular weight is 618 g/mol. The number of nitrogens with zero attached hydrogens (tertiary/aromatic N) is 4. The summed E-state index contributed by atoms with van der Waals surface area (Å²) in [5.41, 5.74) is 3.78. The maximum Gasteiger partial charge on any atom is 0.410 e. The molecule has 0 saturated heterocycles. The Kier molecular flexibility index (Phi) is 12.8. The van der Waals surface area contributed by atoms with Crippen LogP contribution in [0.5, 0.6) is 0 Å². The van der Waals surface area contributed by atoms with Crippen LogP contribution >= 0.6 is 0 Å². The summed E-state index contributed by atoms with van der Waals surface area (Å²) in [7, 11) is 5.53. The zero-order valence-electron chi connectivity index (χ0n) is 28.3. The molecule has 0 saturated carbocycles. The lowest BCUT2D eigenvalue weighted by Crippen LogP contribution is -2.35. The number of hydrogen-bond donors (Lipinski definition) is 1. The molecule has 0 fully saturated rings. The van der Waals surface area contributed by atoms with E-state index in [4.69, 9.17) is 9.47 Å². The van der Waals surface area contributed by atoms with Crippen molar-refractivity contribution in [1.29, 1.82) is 0 Å². The van der Waals surface area contributed by atoms with Gasteiger partial charge in [-0.2, -0.15) is 0 Å². The molecule has 45 heavy (non-hydrogen) atoms. The van der Waals surface area contributed by atoms with Gasteiger partial charge in [-0.1, -0.05) is 62.9 Å². The summed E-state index contributed by atoms with van der Waals surface area (Å²) in [6, 6.07) is 18.0. The molecule has 0 aliphatic carbocycles. The summed E-state index contributed by atoms with van der Waals surface area (Å²) in [4.78, 5) is 36.6. The molecule has 0 radical (unpaired) electrons. The van der Waals surface area contributed by atoms with Crippen molar-refractivity contribution in [3.8, 4) is 0 Å². The van der Waals surface area contributed by atoms with E-state index in [9.17, 15) is 9.59 Å². The van der Waals surface area contributed by atoms with Crippen LogP contribution in [-0.2, 0) is 20.9 Å². The summed E-state index contributed by atoms with van der Waals surface area (Å²) in [6.07, 6.45) is 2.54. The molecule has 1 heterocycles. The summed E-state index contributed by atoms with van der Waals surface area (Å²) in [6.45, 7) is 15.8. The van der Waals surface area contributed by atoms with Crippen LogP contribution in [0.4, 0.5) is 10.5 Å². The van der Waals surface area contributed by atoms with Crippen molar-refractivity contribution in [3.63, 3.8) is 0 Å². The van der Waals surface area contributed by atoms with Crippen LogP contribution in [0.15, 0.2) is 83.3 Å². The van der Waals surface area contributed by atoms with Gasteiger partial charge in [0.2, 0.25) is 0 Å². The maximum absolute atomic E-state index is 14.1. The van der Waals surface area contributed by atoms with Crippen LogP contribution in [-0.4, -0.2) is 74.4 Å². The van der Waals surface area contributed by atoms with Gasteiger partial charge in [-0.05, 0) is 62.8 Å². The number of benzene rings is 2. The highest BCUT2D eigenvalue weighted by atomic mass is 16.6. The van der Waals surface area contributed by atoms with E-state index in [1.807, 2.05) is 87.3 Å². The third-order valence-corrected chi connectivity index (χ3v) is 7.82. The van der Waals surface area contributed by atoms with Crippen LogP contribution in [0, 0.1) is 5.92 Å². The molecule has 2 aromatic rings. The largest absolute Gasteiger partial charge is 0.444 e. The Morgan fingerprint density at radius 2 is 1.87 bits per heavy atom. The Balaban J connectivity index is 1.82. The third-order valence-electron chi connectivity index (χ3n) is 7.82. The molecule has 2 amide bonds. The molecular weight excluding hydrogens is 566 g/mol. The number of anilines is 1. The van der Waals surface area contributed by atoms with Gasteiger partial charge >= 0.3 is 6.09 Å². The van der Waals surface area contributed by atoms with Crippen molar-refractivity contribution in [3.05, 3.63) is 89.4 Å². The number of amides is 2. The summed E-state index contributed by atoms with van der Waals surface area (Å²) < 4.78 is 12.0. The molecule has 1 aliphatic heterocycles. The quantitative estimate of drug-likeness (QED) is 0.257. The number of rotatable bonds is 13. The second kappa shape index (κ2) is 16.3. The molecule has 1 aliphatic rings. The molecule has 0 spiro atoms. The monoisotopic (exact) mass is 617 g/mol. The molecule has 9 heteroatoms. The fourth-order valence-electron chi connectivity index (χ4n) is 5.11. The average Bonchev–Trinajstić information content (AvgIpc) is 3.14. The van der Waals surface area contributed by atoms with Gasteiger partial charge in [0.25, 0.3) is 5.91 Å². The number of hydrogen-bond acceptors (Lipinski definition) is 7. The van der Waals surface area contributed by atoms with E-state index < -0.39 is 5.60 Å². The van der Waals surface area contributed by atoms with Gasteiger partial charge in [-0.3, -0.25) is 4.79 Å². The van der Waals surface area contributed by atoms with Gasteiger partial charge in [0, 0.05) is 58.4 Å². The standard InChI is InChI=1S/C36H51N5O4/c1-10-26(2)33-31(24-38-27(3)37-7)34(42)41(22-21-39(33)8)30-18-14-15-28(23-30)25-44-32(29-16-12-11-13-17-29)19-20-40(9)35(43)45-36(4,5)6/h11-18,23-24,26,32,37H,3,10,19-22,25H2,1-2,4-9H3/b38-24-. The van der Waals surface area contributed by atoms with E-state index in [0.29, 0.717) is 44.1 Å². The number of carbonyl (C=O) groups excluding carboxylic acids is 2. The van der Waals surface area contributed by atoms with E-state index >= 15 is 0 Å². The number of ether oxygens (including phenoxy) is 2. The molecule has 0 aromatic heterocycles. The highest BCUT2D eigenvalue weighted by Crippen LogP contribution is 2.29. The number of nitrogens with one attached hydrogen (secondary N) is 1. The molecular formula is C36H51N5O4. The second-order valence-corrected chi connectivity index (χ2v) is 12.5. The van der Waals surface area contributed by atoms with Crippen LogP contribution in [0.3, 0.4) is 0 Å². The summed E-state index contributed by atoms with van der Waals surface area (Å²) in [5.74, 6) is 0.585. The van der Waals surface area contributed by atoms with Gasteiger partial charge in [0.1, 0.15) is 11.4 Å². The molecule has 1 N–H and O–H groups in total. The first-order chi connectivity index (χ1) is 21.3. The SMILES string of the molecule is C=C(/N=C\C1=C(C(C)CC)N(C)CCN(c2cccc(COC(CCN(C)C(=O)OC(C)(C)C)c3ccccc3)c2)C1=O)NC. The van der Waals surface area contributed by atoms with Crippen molar-refractivity contribution in [2.24, 2.45) is 10.9 Å². The number of allylic oxidation sites excluding steroid dienone is 1. The Labute approximate surface area is 269 Å². The lowest BCUT2D eigenvalue weighted by atomic mass is 9.98.